The van der Waals surface area contributed by atoms with Gasteiger partial charge in [0.1, 0.15) is 5.75 Å². The van der Waals surface area contributed by atoms with Crippen LogP contribution in [0.25, 0.3) is 0 Å². The quantitative estimate of drug-likeness (QED) is 0.696. The van der Waals surface area contributed by atoms with Gasteiger partial charge in [-0.05, 0) is 24.6 Å². The lowest BCUT2D eigenvalue weighted by Crippen LogP contribution is -2.40. The Labute approximate surface area is 111 Å². The molecule has 1 unspecified atom stereocenters. The van der Waals surface area contributed by atoms with Gasteiger partial charge in [-0.1, -0.05) is 6.07 Å². The largest absolute Gasteiger partial charge is 0.508 e. The molecule has 2 amide bonds. The van der Waals surface area contributed by atoms with Crippen LogP contribution in [-0.2, 0) is 4.79 Å². The van der Waals surface area contributed by atoms with Crippen LogP contribution in [0.15, 0.2) is 24.3 Å². The molecule has 6 nitrogen and oxygen atoms in total. The van der Waals surface area contributed by atoms with Crippen LogP contribution >= 0.6 is 0 Å². The molecule has 1 fully saturated rings. The maximum atomic E-state index is 11.9. The van der Waals surface area contributed by atoms with Crippen LogP contribution in [-0.4, -0.2) is 47.5 Å². The highest BCUT2D eigenvalue weighted by Gasteiger charge is 2.26. The second kappa shape index (κ2) is 5.71. The van der Waals surface area contributed by atoms with Crippen molar-refractivity contribution in [2.24, 2.45) is 5.73 Å². The summed E-state index contributed by atoms with van der Waals surface area (Å²) in [5.74, 6) is -0.295. The zero-order chi connectivity index (χ0) is 13.8. The topological polar surface area (TPSA) is 95.7 Å². The standard InChI is InChI=1S/C13H17N3O3/c14-7-12(18)16-5-4-10(8-16)15-13(19)9-2-1-3-11(17)6-9/h1-3,6,10,17H,4-5,7-8,14H2,(H,15,19). The number of aromatic hydroxyl groups is 1. The Morgan fingerprint density at radius 2 is 2.26 bits per heavy atom. The molecule has 102 valence electrons. The number of benzene rings is 1. The van der Waals surface area contributed by atoms with Crippen LogP contribution in [0, 0.1) is 0 Å². The predicted molar refractivity (Wildman–Crippen MR) is 69.6 cm³/mol. The molecule has 4 N–H and O–H groups in total. The van der Waals surface area contributed by atoms with Gasteiger partial charge in [-0.25, -0.2) is 0 Å². The minimum absolute atomic E-state index is 0.00672. The first-order valence-corrected chi connectivity index (χ1v) is 6.18. The molecule has 0 aliphatic carbocycles. The van der Waals surface area contributed by atoms with Gasteiger partial charge in [0, 0.05) is 24.7 Å². The molecule has 6 heteroatoms. The molecule has 0 aromatic heterocycles. The molecule has 0 saturated carbocycles. The van der Waals surface area contributed by atoms with Gasteiger partial charge in [0.15, 0.2) is 0 Å². The van der Waals surface area contributed by atoms with E-state index in [2.05, 4.69) is 5.32 Å². The first-order chi connectivity index (χ1) is 9.10. The van der Waals surface area contributed by atoms with E-state index in [1.54, 1.807) is 17.0 Å². The molecule has 1 atom stereocenters. The fraction of sp³-hybridized carbons (Fsp3) is 0.385. The van der Waals surface area contributed by atoms with Gasteiger partial charge in [0.05, 0.1) is 6.54 Å². The fourth-order valence-corrected chi connectivity index (χ4v) is 2.15. The first-order valence-electron chi connectivity index (χ1n) is 6.18. The maximum absolute atomic E-state index is 11.9. The monoisotopic (exact) mass is 263 g/mol. The average molecular weight is 263 g/mol. The second-order valence-electron chi connectivity index (χ2n) is 4.55. The number of carbonyl (C=O) groups is 2. The van der Waals surface area contributed by atoms with E-state index in [-0.39, 0.29) is 30.2 Å². The summed E-state index contributed by atoms with van der Waals surface area (Å²) in [7, 11) is 0. The smallest absolute Gasteiger partial charge is 0.251 e. The molecule has 0 spiro atoms. The number of likely N-dealkylation sites (tertiary alicyclic amines) is 1. The summed E-state index contributed by atoms with van der Waals surface area (Å²) < 4.78 is 0. The molecule has 1 aromatic rings. The van der Waals surface area contributed by atoms with Gasteiger partial charge < -0.3 is 21.1 Å². The van der Waals surface area contributed by atoms with Crippen molar-refractivity contribution < 1.29 is 14.7 Å². The molecule has 2 rings (SSSR count). The molecule has 1 heterocycles. The van der Waals surface area contributed by atoms with Crippen molar-refractivity contribution in [3.05, 3.63) is 29.8 Å². The SMILES string of the molecule is NCC(=O)N1CCC(NC(=O)c2cccc(O)c2)C1. The summed E-state index contributed by atoms with van der Waals surface area (Å²) in [5.41, 5.74) is 5.71. The number of phenolic OH excluding ortho intramolecular Hbond substituents is 1. The summed E-state index contributed by atoms with van der Waals surface area (Å²) in [4.78, 5) is 25.0. The fourth-order valence-electron chi connectivity index (χ4n) is 2.15. The molecule has 0 bridgehead atoms. The van der Waals surface area contributed by atoms with E-state index < -0.39 is 0 Å². The Morgan fingerprint density at radius 3 is 2.95 bits per heavy atom. The van der Waals surface area contributed by atoms with Gasteiger partial charge in [0.2, 0.25) is 5.91 Å². The number of hydrogen-bond acceptors (Lipinski definition) is 4. The van der Waals surface area contributed by atoms with Gasteiger partial charge >= 0.3 is 0 Å². The number of carbonyl (C=O) groups excluding carboxylic acids is 2. The number of rotatable bonds is 3. The van der Waals surface area contributed by atoms with Crippen molar-refractivity contribution >= 4 is 11.8 Å². The Hall–Kier alpha value is -2.08. The summed E-state index contributed by atoms with van der Waals surface area (Å²) in [6.45, 7) is 1.09. The minimum atomic E-state index is -0.247. The van der Waals surface area contributed by atoms with Crippen LogP contribution in [0.5, 0.6) is 5.75 Å². The number of amides is 2. The molecule has 19 heavy (non-hydrogen) atoms. The Balaban J connectivity index is 1.92. The van der Waals surface area contributed by atoms with Crippen LogP contribution in [0.2, 0.25) is 0 Å². The Bertz CT molecular complexity index is 490. The van der Waals surface area contributed by atoms with E-state index in [0.29, 0.717) is 18.7 Å². The Morgan fingerprint density at radius 1 is 1.47 bits per heavy atom. The summed E-state index contributed by atoms with van der Waals surface area (Å²) in [6, 6.07) is 6.10. The lowest BCUT2D eigenvalue weighted by Gasteiger charge is -2.16. The molecular weight excluding hydrogens is 246 g/mol. The molecule has 1 saturated heterocycles. The molecular formula is C13H17N3O3. The first kappa shape index (κ1) is 13.4. The van der Waals surface area contributed by atoms with E-state index in [0.717, 1.165) is 6.42 Å². The lowest BCUT2D eigenvalue weighted by molar-refractivity contribution is -0.128. The minimum Gasteiger partial charge on any atom is -0.508 e. The van der Waals surface area contributed by atoms with Crippen molar-refractivity contribution in [3.63, 3.8) is 0 Å². The number of hydrogen-bond donors (Lipinski definition) is 3. The summed E-state index contributed by atoms with van der Waals surface area (Å²) in [6.07, 6.45) is 0.719. The third-order valence-electron chi connectivity index (χ3n) is 3.16. The molecule has 1 aromatic carbocycles. The van der Waals surface area contributed by atoms with E-state index in [1.807, 2.05) is 0 Å². The van der Waals surface area contributed by atoms with Crippen LogP contribution in [0.1, 0.15) is 16.8 Å². The van der Waals surface area contributed by atoms with Crippen molar-refractivity contribution in [1.29, 1.82) is 0 Å². The number of nitrogens with one attached hydrogen (secondary N) is 1. The normalized spacial score (nSPS) is 18.4. The summed E-state index contributed by atoms with van der Waals surface area (Å²) >= 11 is 0. The van der Waals surface area contributed by atoms with E-state index in [9.17, 15) is 14.7 Å². The average Bonchev–Trinajstić information content (AvgIpc) is 2.86. The summed E-state index contributed by atoms with van der Waals surface area (Å²) in [5, 5.41) is 12.2. The molecule has 1 aliphatic rings. The lowest BCUT2D eigenvalue weighted by atomic mass is 10.2. The number of nitrogens with two attached hydrogens (primary N) is 1. The van der Waals surface area contributed by atoms with Crippen molar-refractivity contribution in [2.75, 3.05) is 19.6 Å². The zero-order valence-electron chi connectivity index (χ0n) is 10.5. The number of phenols is 1. The van der Waals surface area contributed by atoms with E-state index >= 15 is 0 Å². The molecule has 1 aliphatic heterocycles. The van der Waals surface area contributed by atoms with Gasteiger partial charge in [-0.3, -0.25) is 9.59 Å². The predicted octanol–water partition coefficient (Wildman–Crippen LogP) is -0.318. The highest BCUT2D eigenvalue weighted by Crippen LogP contribution is 2.13. The maximum Gasteiger partial charge on any atom is 0.251 e. The van der Waals surface area contributed by atoms with Crippen molar-refractivity contribution in [2.45, 2.75) is 12.5 Å². The van der Waals surface area contributed by atoms with Crippen LogP contribution in [0.3, 0.4) is 0 Å². The zero-order valence-corrected chi connectivity index (χ0v) is 10.5. The Kier molecular flexibility index (Phi) is 4.01. The van der Waals surface area contributed by atoms with Crippen molar-refractivity contribution in [1.82, 2.24) is 10.2 Å². The van der Waals surface area contributed by atoms with E-state index in [1.165, 1.54) is 12.1 Å². The molecule has 0 radical (unpaired) electrons. The van der Waals surface area contributed by atoms with Gasteiger partial charge in [-0.2, -0.15) is 0 Å². The highest BCUT2D eigenvalue weighted by molar-refractivity contribution is 5.94. The van der Waals surface area contributed by atoms with E-state index in [4.69, 9.17) is 5.73 Å². The van der Waals surface area contributed by atoms with Gasteiger partial charge in [-0.15, -0.1) is 0 Å². The van der Waals surface area contributed by atoms with Crippen molar-refractivity contribution in [3.8, 4) is 5.75 Å². The number of nitrogens with zero attached hydrogens (tertiary/aromatic N) is 1. The third-order valence-corrected chi connectivity index (χ3v) is 3.16. The van der Waals surface area contributed by atoms with Crippen LogP contribution < -0.4 is 11.1 Å². The second-order valence-corrected chi connectivity index (χ2v) is 4.55. The van der Waals surface area contributed by atoms with Gasteiger partial charge in [0.25, 0.3) is 5.91 Å². The van der Waals surface area contributed by atoms with Crippen LogP contribution in [0.4, 0.5) is 0 Å². The highest BCUT2D eigenvalue weighted by atomic mass is 16.3. The third kappa shape index (κ3) is 3.23.